The first kappa shape index (κ1) is 18.3. The van der Waals surface area contributed by atoms with Crippen molar-refractivity contribution in [2.45, 2.75) is 70.1 Å². The van der Waals surface area contributed by atoms with E-state index in [1.807, 2.05) is 12.1 Å². The Labute approximate surface area is 157 Å². The van der Waals surface area contributed by atoms with Crippen molar-refractivity contribution in [2.75, 3.05) is 0 Å². The third kappa shape index (κ3) is 5.02. The summed E-state index contributed by atoms with van der Waals surface area (Å²) in [5.41, 5.74) is 3.17. The van der Waals surface area contributed by atoms with E-state index in [0.717, 1.165) is 35.1 Å². The van der Waals surface area contributed by atoms with Gasteiger partial charge in [-0.05, 0) is 92.7 Å². The first-order chi connectivity index (χ1) is 11.8. The second-order valence-corrected chi connectivity index (χ2v) is 8.57. The molecule has 2 aliphatic carbocycles. The maximum Gasteiger partial charge on any atom is 0.0406 e. The minimum Gasteiger partial charge on any atom is -0.0933 e. The lowest BCUT2D eigenvalue weighted by atomic mass is 9.68. The van der Waals surface area contributed by atoms with Gasteiger partial charge in [-0.3, -0.25) is 0 Å². The molecule has 0 aromatic heterocycles. The van der Waals surface area contributed by atoms with Crippen LogP contribution >= 0.6 is 23.2 Å². The second kappa shape index (κ2) is 9.30. The molecule has 0 nitrogen and oxygen atoms in total. The van der Waals surface area contributed by atoms with Gasteiger partial charge in [0.2, 0.25) is 0 Å². The molecule has 0 heterocycles. The fraction of sp³-hybridized carbons (Fsp3) is 0.636. The smallest absolute Gasteiger partial charge is 0.0406 e. The van der Waals surface area contributed by atoms with Crippen molar-refractivity contribution in [1.82, 2.24) is 0 Å². The molecular formula is C22H30Cl2. The van der Waals surface area contributed by atoms with Gasteiger partial charge in [-0.15, -0.1) is 0 Å². The lowest BCUT2D eigenvalue weighted by Gasteiger charge is -2.38. The van der Waals surface area contributed by atoms with Crippen LogP contribution in [0, 0.1) is 17.8 Å². The molecular weight excluding hydrogens is 335 g/mol. The number of rotatable bonds is 5. The van der Waals surface area contributed by atoms with E-state index >= 15 is 0 Å². The molecule has 1 aromatic carbocycles. The summed E-state index contributed by atoms with van der Waals surface area (Å²) in [4.78, 5) is 0. The fourth-order valence-corrected chi connectivity index (χ4v) is 5.25. The molecule has 3 rings (SSSR count). The van der Waals surface area contributed by atoms with Gasteiger partial charge in [0.15, 0.2) is 0 Å². The summed E-state index contributed by atoms with van der Waals surface area (Å²) in [6, 6.07) is 8.55. The Kier molecular flexibility index (Phi) is 7.10. The predicted molar refractivity (Wildman–Crippen MR) is 106 cm³/mol. The van der Waals surface area contributed by atoms with E-state index < -0.39 is 0 Å². The average molecular weight is 365 g/mol. The highest BCUT2D eigenvalue weighted by molar-refractivity contribution is 6.30. The summed E-state index contributed by atoms with van der Waals surface area (Å²) < 4.78 is 0. The van der Waals surface area contributed by atoms with Crippen LogP contribution in [-0.4, -0.2) is 0 Å². The van der Waals surface area contributed by atoms with Crippen molar-refractivity contribution in [3.05, 3.63) is 46.5 Å². The fourth-order valence-electron chi connectivity index (χ4n) is 5.00. The molecule has 132 valence electrons. The first-order valence-electron chi connectivity index (χ1n) is 9.77. The SMILES string of the molecule is Cl/C=C/CCC1CCC(C2CCC(c3ccc(Cl)cc3)CC2)CC1. The second-order valence-electron chi connectivity index (χ2n) is 7.88. The highest BCUT2D eigenvalue weighted by Crippen LogP contribution is 2.44. The van der Waals surface area contributed by atoms with Crippen LogP contribution in [0.3, 0.4) is 0 Å². The van der Waals surface area contributed by atoms with Crippen LogP contribution < -0.4 is 0 Å². The van der Waals surface area contributed by atoms with Crippen molar-refractivity contribution >= 4 is 23.2 Å². The minimum absolute atomic E-state index is 0.761. The normalized spacial score (nSPS) is 31.4. The Bertz CT molecular complexity index is 503. The zero-order chi connectivity index (χ0) is 16.8. The Balaban J connectivity index is 1.42. The summed E-state index contributed by atoms with van der Waals surface area (Å²) in [5, 5.41) is 0.853. The van der Waals surface area contributed by atoms with Crippen molar-refractivity contribution in [3.63, 3.8) is 0 Å². The van der Waals surface area contributed by atoms with Crippen molar-refractivity contribution in [2.24, 2.45) is 17.8 Å². The summed E-state index contributed by atoms with van der Waals surface area (Å²) >= 11 is 11.6. The molecule has 2 aliphatic rings. The van der Waals surface area contributed by atoms with Crippen LogP contribution in [0.15, 0.2) is 35.9 Å². The van der Waals surface area contributed by atoms with Crippen LogP contribution in [0.25, 0.3) is 0 Å². The molecule has 0 radical (unpaired) electrons. The van der Waals surface area contributed by atoms with Gasteiger partial charge in [-0.2, -0.15) is 0 Å². The third-order valence-electron chi connectivity index (χ3n) is 6.50. The molecule has 24 heavy (non-hydrogen) atoms. The molecule has 2 heteroatoms. The summed E-state index contributed by atoms with van der Waals surface area (Å²) in [6.45, 7) is 0. The van der Waals surface area contributed by atoms with Gasteiger partial charge in [-0.25, -0.2) is 0 Å². The van der Waals surface area contributed by atoms with Gasteiger partial charge in [0.1, 0.15) is 0 Å². The van der Waals surface area contributed by atoms with Crippen molar-refractivity contribution in [1.29, 1.82) is 0 Å². The number of allylic oxidation sites excluding steroid dienone is 1. The Hall–Kier alpha value is -0.460. The topological polar surface area (TPSA) is 0 Å². The standard InChI is InChI=1S/C22H30Cl2/c23-16-2-1-3-17-4-6-18(7-5-17)19-8-10-20(11-9-19)21-12-14-22(24)15-13-21/h2,12-20H,1,3-11H2/b16-2+. The number of hydrogen-bond acceptors (Lipinski definition) is 0. The molecule has 0 bridgehead atoms. The molecule has 0 amide bonds. The van der Waals surface area contributed by atoms with E-state index in [1.54, 1.807) is 5.54 Å². The van der Waals surface area contributed by atoms with Crippen molar-refractivity contribution < 1.29 is 0 Å². The first-order valence-corrected chi connectivity index (χ1v) is 10.6. The predicted octanol–water partition coefficient (Wildman–Crippen LogP) is 7.95. The van der Waals surface area contributed by atoms with E-state index in [1.165, 1.54) is 63.4 Å². The Morgan fingerprint density at radius 2 is 1.42 bits per heavy atom. The summed E-state index contributed by atoms with van der Waals surface area (Å²) in [5.74, 6) is 3.69. The van der Waals surface area contributed by atoms with E-state index in [4.69, 9.17) is 23.2 Å². The molecule has 0 N–H and O–H groups in total. The van der Waals surface area contributed by atoms with Gasteiger partial charge in [-0.1, -0.05) is 54.3 Å². The van der Waals surface area contributed by atoms with Crippen LogP contribution in [0.2, 0.25) is 5.02 Å². The monoisotopic (exact) mass is 364 g/mol. The Morgan fingerprint density at radius 3 is 2.00 bits per heavy atom. The van der Waals surface area contributed by atoms with Crippen LogP contribution in [0.1, 0.15) is 75.7 Å². The lowest BCUT2D eigenvalue weighted by molar-refractivity contribution is 0.157. The number of halogens is 2. The van der Waals surface area contributed by atoms with E-state index in [2.05, 4.69) is 18.2 Å². The molecule has 0 atom stereocenters. The lowest BCUT2D eigenvalue weighted by Crippen LogP contribution is -2.25. The maximum atomic E-state index is 6.02. The van der Waals surface area contributed by atoms with Gasteiger partial charge >= 0.3 is 0 Å². The molecule has 0 unspecified atom stereocenters. The van der Waals surface area contributed by atoms with Gasteiger partial charge in [0, 0.05) is 10.6 Å². The van der Waals surface area contributed by atoms with Crippen LogP contribution in [0.4, 0.5) is 0 Å². The highest BCUT2D eigenvalue weighted by Gasteiger charge is 2.31. The van der Waals surface area contributed by atoms with Gasteiger partial charge in [0.05, 0.1) is 0 Å². The van der Waals surface area contributed by atoms with Crippen LogP contribution in [-0.2, 0) is 0 Å². The van der Waals surface area contributed by atoms with E-state index in [-0.39, 0.29) is 0 Å². The van der Waals surface area contributed by atoms with E-state index in [9.17, 15) is 0 Å². The van der Waals surface area contributed by atoms with Crippen molar-refractivity contribution in [3.8, 4) is 0 Å². The largest absolute Gasteiger partial charge is 0.0933 e. The molecule has 2 fully saturated rings. The highest BCUT2D eigenvalue weighted by atomic mass is 35.5. The molecule has 0 aliphatic heterocycles. The molecule has 1 aromatic rings. The van der Waals surface area contributed by atoms with E-state index in [0.29, 0.717) is 0 Å². The molecule has 0 saturated heterocycles. The zero-order valence-corrected chi connectivity index (χ0v) is 16.1. The third-order valence-corrected chi connectivity index (χ3v) is 6.93. The molecule has 0 spiro atoms. The van der Waals surface area contributed by atoms with Crippen LogP contribution in [0.5, 0.6) is 0 Å². The Morgan fingerprint density at radius 1 is 0.833 bits per heavy atom. The average Bonchev–Trinajstić information content (AvgIpc) is 2.63. The summed E-state index contributed by atoms with van der Waals surface area (Å²) in [6.07, 6.45) is 16.0. The van der Waals surface area contributed by atoms with Gasteiger partial charge in [0.25, 0.3) is 0 Å². The zero-order valence-electron chi connectivity index (χ0n) is 14.6. The summed E-state index contributed by atoms with van der Waals surface area (Å²) in [7, 11) is 0. The van der Waals surface area contributed by atoms with Gasteiger partial charge < -0.3 is 0 Å². The quantitative estimate of drug-likeness (QED) is 0.496. The minimum atomic E-state index is 0.761. The number of hydrogen-bond donors (Lipinski definition) is 0. The molecule has 2 saturated carbocycles. The maximum absolute atomic E-state index is 6.02. The number of benzene rings is 1.